The highest BCUT2D eigenvalue weighted by atomic mass is 32.2. The zero-order valence-corrected chi connectivity index (χ0v) is 14.8. The molecule has 0 aromatic heterocycles. The Labute approximate surface area is 137 Å². The quantitative estimate of drug-likeness (QED) is 0.747. The normalized spacial score (nSPS) is 17.3. The lowest BCUT2D eigenvalue weighted by Gasteiger charge is -2.26. The van der Waals surface area contributed by atoms with Crippen LogP contribution in [0.15, 0.2) is 23.1 Å². The Hall–Kier alpha value is -1.36. The smallest absolute Gasteiger partial charge is 0.301 e. The summed E-state index contributed by atoms with van der Waals surface area (Å²) in [6, 6.07) is 4.26. The lowest BCUT2D eigenvalue weighted by atomic mass is 10.2. The van der Waals surface area contributed by atoms with Gasteiger partial charge < -0.3 is 5.73 Å². The molecule has 2 rings (SSSR count). The maximum atomic E-state index is 12.4. The van der Waals surface area contributed by atoms with Crippen LogP contribution in [0.4, 0.5) is 11.4 Å². The number of hydrogen-bond acceptors (Lipinski definition) is 5. The highest BCUT2D eigenvalue weighted by Gasteiger charge is 2.27. The number of nitrogens with zero attached hydrogens (tertiary/aromatic N) is 2. The molecule has 8 nitrogen and oxygen atoms in total. The van der Waals surface area contributed by atoms with Crippen LogP contribution in [0.2, 0.25) is 0 Å². The monoisotopic (exact) mass is 362 g/mol. The molecular weight excluding hydrogens is 340 g/mol. The third-order valence-electron chi connectivity index (χ3n) is 3.72. The van der Waals surface area contributed by atoms with Gasteiger partial charge in [0.1, 0.15) is 4.90 Å². The van der Waals surface area contributed by atoms with E-state index < -0.39 is 20.2 Å². The predicted molar refractivity (Wildman–Crippen MR) is 89.7 cm³/mol. The largest absolute Gasteiger partial charge is 0.396 e. The van der Waals surface area contributed by atoms with E-state index in [9.17, 15) is 16.8 Å². The Morgan fingerprint density at radius 2 is 1.70 bits per heavy atom. The zero-order chi connectivity index (χ0) is 17.3. The van der Waals surface area contributed by atoms with E-state index in [1.807, 2.05) is 0 Å². The molecule has 1 saturated heterocycles. The topological polar surface area (TPSA) is 113 Å². The number of benzene rings is 1. The van der Waals surface area contributed by atoms with E-state index in [4.69, 9.17) is 5.73 Å². The molecule has 10 heteroatoms. The number of nitrogen functional groups attached to an aromatic ring is 1. The maximum Gasteiger partial charge on any atom is 0.301 e. The van der Waals surface area contributed by atoms with E-state index in [0.717, 1.165) is 23.6 Å². The van der Waals surface area contributed by atoms with Crippen molar-refractivity contribution in [3.8, 4) is 0 Å². The van der Waals surface area contributed by atoms with Gasteiger partial charge >= 0.3 is 10.2 Å². The van der Waals surface area contributed by atoms with Crippen molar-refractivity contribution < 1.29 is 16.8 Å². The van der Waals surface area contributed by atoms with Gasteiger partial charge in [-0.25, -0.2) is 12.7 Å². The van der Waals surface area contributed by atoms with E-state index in [-0.39, 0.29) is 16.3 Å². The van der Waals surface area contributed by atoms with Crippen molar-refractivity contribution in [3.05, 3.63) is 18.2 Å². The van der Waals surface area contributed by atoms with Gasteiger partial charge in [0.2, 0.25) is 10.0 Å². The Kier molecular flexibility index (Phi) is 5.19. The minimum absolute atomic E-state index is 0.0681. The number of rotatable bonds is 5. The molecule has 0 saturated carbocycles. The Morgan fingerprint density at radius 3 is 2.26 bits per heavy atom. The summed E-state index contributed by atoms with van der Waals surface area (Å²) in [7, 11) is -4.72. The van der Waals surface area contributed by atoms with Crippen LogP contribution in [0, 0.1) is 0 Å². The molecule has 1 heterocycles. The summed E-state index contributed by atoms with van der Waals surface area (Å²) in [6.45, 7) is 0.899. The summed E-state index contributed by atoms with van der Waals surface area (Å²) in [5.41, 5.74) is 5.85. The zero-order valence-electron chi connectivity index (χ0n) is 13.2. The SMILES string of the molecule is CN(C)S(=O)(=O)c1cccc(NS(=O)(=O)N2CCCCC2)c1N. The second-order valence-electron chi connectivity index (χ2n) is 5.57. The number of hydrogen-bond donors (Lipinski definition) is 2. The molecular formula is C13H22N4O4S2. The van der Waals surface area contributed by atoms with E-state index in [1.165, 1.54) is 36.6 Å². The lowest BCUT2D eigenvalue weighted by molar-refractivity contribution is 0.349. The van der Waals surface area contributed by atoms with Crippen LogP contribution in [0.3, 0.4) is 0 Å². The minimum Gasteiger partial charge on any atom is -0.396 e. The molecule has 1 aromatic carbocycles. The Bertz CT molecular complexity index is 769. The van der Waals surface area contributed by atoms with Crippen LogP contribution < -0.4 is 10.5 Å². The van der Waals surface area contributed by atoms with Crippen LogP contribution >= 0.6 is 0 Å². The van der Waals surface area contributed by atoms with Gasteiger partial charge in [-0.3, -0.25) is 4.72 Å². The number of piperidine rings is 1. The first-order chi connectivity index (χ1) is 10.7. The molecule has 1 aliphatic heterocycles. The van der Waals surface area contributed by atoms with Gasteiger partial charge in [-0.1, -0.05) is 12.5 Å². The molecule has 1 fully saturated rings. The van der Waals surface area contributed by atoms with Gasteiger partial charge in [-0.2, -0.15) is 12.7 Å². The molecule has 1 aromatic rings. The number of sulfonamides is 1. The molecule has 0 radical (unpaired) electrons. The first kappa shape index (κ1) is 18.0. The van der Waals surface area contributed by atoms with Crippen molar-refractivity contribution in [2.24, 2.45) is 0 Å². The fourth-order valence-electron chi connectivity index (χ4n) is 2.36. The van der Waals surface area contributed by atoms with Gasteiger partial charge in [-0.15, -0.1) is 0 Å². The third-order valence-corrected chi connectivity index (χ3v) is 7.11. The highest BCUT2D eigenvalue weighted by molar-refractivity contribution is 7.90. The summed E-state index contributed by atoms with van der Waals surface area (Å²) >= 11 is 0. The van der Waals surface area contributed by atoms with Crippen molar-refractivity contribution in [1.29, 1.82) is 0 Å². The van der Waals surface area contributed by atoms with Crippen LogP contribution in [-0.4, -0.2) is 52.6 Å². The predicted octanol–water partition coefficient (Wildman–Crippen LogP) is 0.662. The Balaban J connectivity index is 2.35. The van der Waals surface area contributed by atoms with Crippen LogP contribution in [0.25, 0.3) is 0 Å². The van der Waals surface area contributed by atoms with Crippen LogP contribution in [0.5, 0.6) is 0 Å². The summed E-state index contributed by atoms with van der Waals surface area (Å²) in [4.78, 5) is -0.124. The molecule has 0 aliphatic carbocycles. The van der Waals surface area contributed by atoms with Gasteiger partial charge in [0.15, 0.2) is 0 Å². The number of para-hydroxylation sites is 1. The van der Waals surface area contributed by atoms with E-state index in [2.05, 4.69) is 4.72 Å². The summed E-state index contributed by atoms with van der Waals surface area (Å²) in [5, 5.41) is 0. The summed E-state index contributed by atoms with van der Waals surface area (Å²) < 4.78 is 54.0. The molecule has 0 bridgehead atoms. The fraction of sp³-hybridized carbons (Fsp3) is 0.538. The highest BCUT2D eigenvalue weighted by Crippen LogP contribution is 2.29. The standard InChI is InChI=1S/C13H22N4O4S2/c1-16(2)22(18,19)12-8-6-7-11(13(12)14)15-23(20,21)17-9-4-3-5-10-17/h6-8,15H,3-5,9-10,14H2,1-2H3. The van der Waals surface area contributed by atoms with Gasteiger partial charge in [-0.05, 0) is 25.0 Å². The molecule has 130 valence electrons. The second-order valence-corrected chi connectivity index (χ2v) is 9.36. The van der Waals surface area contributed by atoms with Crippen LogP contribution in [-0.2, 0) is 20.2 Å². The second kappa shape index (κ2) is 6.63. The summed E-state index contributed by atoms with van der Waals surface area (Å²) in [6.07, 6.45) is 2.63. The molecule has 0 amide bonds. The first-order valence-corrected chi connectivity index (χ1v) is 10.1. The first-order valence-electron chi connectivity index (χ1n) is 7.25. The van der Waals surface area contributed by atoms with Crippen molar-refractivity contribution in [3.63, 3.8) is 0 Å². The van der Waals surface area contributed by atoms with E-state index in [1.54, 1.807) is 0 Å². The molecule has 0 atom stereocenters. The Morgan fingerprint density at radius 1 is 1.09 bits per heavy atom. The average molecular weight is 362 g/mol. The molecule has 0 unspecified atom stereocenters. The summed E-state index contributed by atoms with van der Waals surface area (Å²) in [5.74, 6) is 0. The molecule has 3 N–H and O–H groups in total. The van der Waals surface area contributed by atoms with Gasteiger partial charge in [0.25, 0.3) is 0 Å². The fourth-order valence-corrected chi connectivity index (χ4v) is 4.72. The van der Waals surface area contributed by atoms with Crippen molar-refractivity contribution in [2.75, 3.05) is 37.6 Å². The maximum absolute atomic E-state index is 12.4. The van der Waals surface area contributed by atoms with Gasteiger partial charge in [0, 0.05) is 27.2 Å². The molecule has 23 heavy (non-hydrogen) atoms. The average Bonchev–Trinajstić information content (AvgIpc) is 2.49. The molecule has 0 spiro atoms. The van der Waals surface area contributed by atoms with Crippen LogP contribution in [0.1, 0.15) is 19.3 Å². The van der Waals surface area contributed by atoms with Crippen molar-refractivity contribution in [2.45, 2.75) is 24.2 Å². The van der Waals surface area contributed by atoms with E-state index in [0.29, 0.717) is 13.1 Å². The number of nitrogens with one attached hydrogen (secondary N) is 1. The molecule has 1 aliphatic rings. The van der Waals surface area contributed by atoms with E-state index >= 15 is 0 Å². The lowest BCUT2D eigenvalue weighted by Crippen LogP contribution is -2.39. The third kappa shape index (κ3) is 3.77. The number of anilines is 2. The van der Waals surface area contributed by atoms with Crippen molar-refractivity contribution in [1.82, 2.24) is 8.61 Å². The minimum atomic E-state index is -3.75. The van der Waals surface area contributed by atoms with Gasteiger partial charge in [0.05, 0.1) is 11.4 Å². The number of nitrogens with two attached hydrogens (primary N) is 1. The van der Waals surface area contributed by atoms with Crippen molar-refractivity contribution >= 4 is 31.6 Å².